The van der Waals surface area contributed by atoms with Crippen LogP contribution in [0.1, 0.15) is 6.92 Å². The highest BCUT2D eigenvalue weighted by atomic mass is 79.9. The molecule has 0 spiro atoms. The van der Waals surface area contributed by atoms with E-state index in [1.54, 1.807) is 12.4 Å². The molecule has 9 heavy (non-hydrogen) atoms. The van der Waals surface area contributed by atoms with E-state index in [-0.39, 0.29) is 0 Å². The van der Waals surface area contributed by atoms with E-state index in [0.29, 0.717) is 9.51 Å². The molecule has 0 rings (SSSR count). The molecule has 0 radical (unpaired) electrons. The number of halogens is 2. The zero-order valence-electron chi connectivity index (χ0n) is 5.06. The molecular formula is C6H7BrClN. The Balaban J connectivity index is 4.00. The van der Waals surface area contributed by atoms with Gasteiger partial charge in [0.05, 0.1) is 4.48 Å². The van der Waals surface area contributed by atoms with Gasteiger partial charge in [0.25, 0.3) is 0 Å². The fourth-order valence-corrected chi connectivity index (χ4v) is 0.377. The minimum atomic E-state index is 0.459. The summed E-state index contributed by atoms with van der Waals surface area (Å²) in [4.78, 5) is 3.81. The number of nitrogens with zero attached hydrogens (tertiary/aromatic N) is 1. The Morgan fingerprint density at radius 1 is 1.78 bits per heavy atom. The molecule has 0 heterocycles. The zero-order chi connectivity index (χ0) is 7.28. The summed E-state index contributed by atoms with van der Waals surface area (Å²) in [6.07, 6.45) is 3.26. The monoisotopic (exact) mass is 207 g/mol. The van der Waals surface area contributed by atoms with Crippen molar-refractivity contribution in [2.75, 3.05) is 0 Å². The van der Waals surface area contributed by atoms with Crippen LogP contribution in [0, 0.1) is 0 Å². The lowest BCUT2D eigenvalue weighted by molar-refractivity contribution is 1.56. The van der Waals surface area contributed by atoms with Crippen LogP contribution in [0.4, 0.5) is 0 Å². The number of hydrogen-bond acceptors (Lipinski definition) is 1. The lowest BCUT2D eigenvalue weighted by atomic mass is 10.6. The second kappa shape index (κ2) is 4.77. The molecule has 3 heteroatoms. The number of rotatable bonds is 2. The van der Waals surface area contributed by atoms with Crippen molar-refractivity contribution in [1.29, 1.82) is 0 Å². The average Bonchev–Trinajstić information content (AvgIpc) is 1.82. The molecule has 0 saturated carbocycles. The molecule has 0 aliphatic carbocycles. The van der Waals surface area contributed by atoms with Crippen molar-refractivity contribution in [2.45, 2.75) is 6.92 Å². The molecule has 0 fully saturated rings. The van der Waals surface area contributed by atoms with Gasteiger partial charge in [-0.1, -0.05) is 18.2 Å². The molecule has 0 aromatic heterocycles. The summed E-state index contributed by atoms with van der Waals surface area (Å²) in [6, 6.07) is 0. The van der Waals surface area contributed by atoms with Crippen molar-refractivity contribution >= 4 is 33.7 Å². The van der Waals surface area contributed by atoms with Crippen LogP contribution in [0.3, 0.4) is 0 Å². The first-order valence-electron chi connectivity index (χ1n) is 2.36. The van der Waals surface area contributed by atoms with Gasteiger partial charge in [-0.3, -0.25) is 4.99 Å². The van der Waals surface area contributed by atoms with Crippen molar-refractivity contribution in [3.8, 4) is 0 Å². The van der Waals surface area contributed by atoms with Gasteiger partial charge in [-0.05, 0) is 22.9 Å². The summed E-state index contributed by atoms with van der Waals surface area (Å²) in [7, 11) is 0. The topological polar surface area (TPSA) is 12.4 Å². The smallest absolute Gasteiger partial charge is 0.0538 e. The van der Waals surface area contributed by atoms with E-state index < -0.39 is 0 Å². The van der Waals surface area contributed by atoms with Crippen molar-refractivity contribution in [3.63, 3.8) is 0 Å². The Morgan fingerprint density at radius 2 is 2.33 bits per heavy atom. The van der Waals surface area contributed by atoms with Gasteiger partial charge >= 0.3 is 0 Å². The lowest BCUT2D eigenvalue weighted by Gasteiger charge is -1.87. The number of allylic oxidation sites excluding steroid dienone is 2. The summed E-state index contributed by atoms with van der Waals surface area (Å²) in [5, 5.41) is 0.459. The van der Waals surface area contributed by atoms with E-state index in [9.17, 15) is 0 Å². The maximum absolute atomic E-state index is 5.48. The SMILES string of the molecule is C=C(Cl)/C(Br)=C\N=CC. The molecule has 0 N–H and O–H groups in total. The van der Waals surface area contributed by atoms with E-state index in [1.807, 2.05) is 6.92 Å². The minimum absolute atomic E-state index is 0.459. The summed E-state index contributed by atoms with van der Waals surface area (Å²) in [5.41, 5.74) is 0. The van der Waals surface area contributed by atoms with Gasteiger partial charge in [0.15, 0.2) is 0 Å². The Labute approximate surface area is 68.3 Å². The van der Waals surface area contributed by atoms with Crippen LogP contribution in [0.2, 0.25) is 0 Å². The Kier molecular flexibility index (Phi) is 4.72. The molecule has 0 aliphatic heterocycles. The van der Waals surface area contributed by atoms with Crippen LogP contribution in [0.25, 0.3) is 0 Å². The average molecular weight is 208 g/mol. The van der Waals surface area contributed by atoms with Crippen molar-refractivity contribution in [3.05, 3.63) is 22.3 Å². The third-order valence-electron chi connectivity index (χ3n) is 0.596. The first-order chi connectivity index (χ1) is 4.18. The highest BCUT2D eigenvalue weighted by molar-refractivity contribution is 9.12. The molecule has 1 nitrogen and oxygen atoms in total. The molecule has 0 bridgehead atoms. The Hall–Kier alpha value is -0.0800. The molecule has 0 saturated heterocycles. The van der Waals surface area contributed by atoms with Gasteiger partial charge in [0, 0.05) is 17.4 Å². The third kappa shape index (κ3) is 4.43. The molecule has 0 unspecified atom stereocenters. The maximum Gasteiger partial charge on any atom is 0.0538 e. The maximum atomic E-state index is 5.48. The quantitative estimate of drug-likeness (QED) is 0.488. The van der Waals surface area contributed by atoms with Gasteiger partial charge in [-0.15, -0.1) is 0 Å². The van der Waals surface area contributed by atoms with E-state index in [2.05, 4.69) is 27.5 Å². The van der Waals surface area contributed by atoms with Gasteiger partial charge in [-0.2, -0.15) is 0 Å². The number of hydrogen-bond donors (Lipinski definition) is 0. The summed E-state index contributed by atoms with van der Waals surface area (Å²) >= 11 is 8.64. The summed E-state index contributed by atoms with van der Waals surface area (Å²) < 4.78 is 0.710. The third-order valence-corrected chi connectivity index (χ3v) is 1.71. The lowest BCUT2D eigenvalue weighted by Crippen LogP contribution is -1.65. The van der Waals surface area contributed by atoms with Crippen LogP contribution < -0.4 is 0 Å². The largest absolute Gasteiger partial charge is 0.268 e. The summed E-state index contributed by atoms with van der Waals surface area (Å²) in [6.45, 7) is 5.31. The van der Waals surface area contributed by atoms with Gasteiger partial charge in [0.2, 0.25) is 0 Å². The minimum Gasteiger partial charge on any atom is -0.268 e. The van der Waals surface area contributed by atoms with E-state index in [0.717, 1.165) is 0 Å². The molecule has 0 aromatic rings. The fourth-order valence-electron chi connectivity index (χ4n) is 0.210. The predicted octanol–water partition coefficient (Wildman–Crippen LogP) is 3.07. The van der Waals surface area contributed by atoms with Crippen LogP contribution in [0.5, 0.6) is 0 Å². The van der Waals surface area contributed by atoms with Crippen molar-refractivity contribution < 1.29 is 0 Å². The molecule has 50 valence electrons. The normalized spacial score (nSPS) is 12.6. The Morgan fingerprint density at radius 3 is 2.67 bits per heavy atom. The first-order valence-corrected chi connectivity index (χ1v) is 3.53. The van der Waals surface area contributed by atoms with Crippen molar-refractivity contribution in [1.82, 2.24) is 0 Å². The molecule has 0 aromatic carbocycles. The second-order valence-electron chi connectivity index (χ2n) is 1.29. The second-order valence-corrected chi connectivity index (χ2v) is 2.60. The highest BCUT2D eigenvalue weighted by Crippen LogP contribution is 2.17. The highest BCUT2D eigenvalue weighted by Gasteiger charge is 1.89. The van der Waals surface area contributed by atoms with Crippen LogP contribution in [-0.2, 0) is 0 Å². The molecule has 0 amide bonds. The van der Waals surface area contributed by atoms with Crippen LogP contribution in [0.15, 0.2) is 27.3 Å². The summed E-state index contributed by atoms with van der Waals surface area (Å²) in [5.74, 6) is 0. The van der Waals surface area contributed by atoms with E-state index in [4.69, 9.17) is 11.6 Å². The molecular weight excluding hydrogens is 201 g/mol. The fraction of sp³-hybridized carbons (Fsp3) is 0.167. The standard InChI is InChI=1S/C6H7BrClN/c1-3-9-4-6(7)5(2)8/h3-4H,2H2,1H3/b6-4+,9-3?. The van der Waals surface area contributed by atoms with Gasteiger partial charge in [-0.25, -0.2) is 0 Å². The Bertz CT molecular complexity index is 160. The zero-order valence-corrected chi connectivity index (χ0v) is 7.41. The van der Waals surface area contributed by atoms with Crippen molar-refractivity contribution in [2.24, 2.45) is 4.99 Å². The van der Waals surface area contributed by atoms with Gasteiger partial charge in [0.1, 0.15) is 0 Å². The van der Waals surface area contributed by atoms with E-state index >= 15 is 0 Å². The number of aliphatic imine (C=N–C) groups is 1. The van der Waals surface area contributed by atoms with Crippen LogP contribution in [-0.4, -0.2) is 6.21 Å². The van der Waals surface area contributed by atoms with Crippen LogP contribution >= 0.6 is 27.5 Å². The molecule has 0 atom stereocenters. The predicted molar refractivity (Wildman–Crippen MR) is 46.2 cm³/mol. The molecule has 0 aliphatic rings. The van der Waals surface area contributed by atoms with Gasteiger partial charge < -0.3 is 0 Å². The van der Waals surface area contributed by atoms with E-state index in [1.165, 1.54) is 0 Å². The first kappa shape index (κ1) is 8.92.